The molecule has 0 spiro atoms. The first-order chi connectivity index (χ1) is 10.0. The number of rotatable bonds is 10. The summed E-state index contributed by atoms with van der Waals surface area (Å²) in [5, 5.41) is 8.98. The molecule has 0 saturated heterocycles. The molecule has 0 aliphatic carbocycles. The molecular formula is C15H22N2O3S. The van der Waals surface area contributed by atoms with E-state index >= 15 is 0 Å². The Hall–Kier alpha value is -1.50. The second-order valence-electron chi connectivity index (χ2n) is 4.82. The Bertz CT molecular complexity index is 480. The van der Waals surface area contributed by atoms with Gasteiger partial charge in [-0.15, -0.1) is 0 Å². The maximum absolute atomic E-state index is 10.9. The molecule has 5 nitrogen and oxygen atoms in total. The fourth-order valence-corrected chi connectivity index (χ4v) is 2.14. The number of thiocarbonyl (C=S) groups is 1. The summed E-state index contributed by atoms with van der Waals surface area (Å²) in [6, 6.07) is 7.59. The van der Waals surface area contributed by atoms with Crippen molar-refractivity contribution in [2.75, 3.05) is 26.8 Å². The van der Waals surface area contributed by atoms with E-state index in [2.05, 4.69) is 4.90 Å². The summed E-state index contributed by atoms with van der Waals surface area (Å²) in [6.45, 7) is 2.76. The molecule has 0 heterocycles. The molecule has 116 valence electrons. The van der Waals surface area contributed by atoms with E-state index in [0.29, 0.717) is 24.6 Å². The van der Waals surface area contributed by atoms with E-state index in [1.165, 1.54) is 0 Å². The van der Waals surface area contributed by atoms with Gasteiger partial charge in [0.2, 0.25) is 0 Å². The summed E-state index contributed by atoms with van der Waals surface area (Å²) in [5.74, 6) is -0.825. The quantitative estimate of drug-likeness (QED) is 0.637. The lowest BCUT2D eigenvalue weighted by atomic mass is 10.0. The largest absolute Gasteiger partial charge is 0.481 e. The van der Waals surface area contributed by atoms with Gasteiger partial charge in [-0.2, -0.15) is 0 Å². The van der Waals surface area contributed by atoms with Crippen molar-refractivity contribution in [3.8, 4) is 0 Å². The summed E-state index contributed by atoms with van der Waals surface area (Å²) in [4.78, 5) is 13.6. The zero-order valence-electron chi connectivity index (χ0n) is 12.2. The maximum Gasteiger partial charge on any atom is 0.307 e. The third-order valence-corrected chi connectivity index (χ3v) is 3.34. The predicted molar refractivity (Wildman–Crippen MR) is 86.3 cm³/mol. The molecule has 0 amide bonds. The minimum Gasteiger partial charge on any atom is -0.481 e. The number of methoxy groups -OCH3 is 1. The van der Waals surface area contributed by atoms with Gasteiger partial charge in [0.1, 0.15) is 0 Å². The number of carboxylic acids is 1. The van der Waals surface area contributed by atoms with Crippen LogP contribution in [0.4, 0.5) is 0 Å². The molecule has 0 aliphatic heterocycles. The molecule has 1 rings (SSSR count). The fraction of sp³-hybridized carbons (Fsp3) is 0.467. The topological polar surface area (TPSA) is 75.8 Å². The zero-order valence-corrected chi connectivity index (χ0v) is 13.1. The van der Waals surface area contributed by atoms with E-state index in [1.54, 1.807) is 7.11 Å². The standard InChI is InChI=1S/C15H22N2O3S/c1-20-9-8-17(7-6-14(16)21)11-13-5-3-2-4-12(13)10-15(18)19/h2-5H,6-11H2,1H3,(H2,16,21)(H,18,19). The minimum absolute atomic E-state index is 0.0313. The SMILES string of the molecule is COCCN(CCC(N)=S)Cc1ccccc1CC(=O)O. The summed E-state index contributed by atoms with van der Waals surface area (Å²) in [7, 11) is 1.66. The van der Waals surface area contributed by atoms with Crippen LogP contribution in [0.2, 0.25) is 0 Å². The summed E-state index contributed by atoms with van der Waals surface area (Å²) < 4.78 is 5.11. The van der Waals surface area contributed by atoms with Crippen molar-refractivity contribution >= 4 is 23.2 Å². The van der Waals surface area contributed by atoms with Gasteiger partial charge in [-0.25, -0.2) is 0 Å². The van der Waals surface area contributed by atoms with Crippen molar-refractivity contribution in [2.45, 2.75) is 19.4 Å². The number of carboxylic acid groups (broad SMARTS) is 1. The Balaban J connectivity index is 2.76. The second kappa shape index (κ2) is 9.44. The van der Waals surface area contributed by atoms with Crippen LogP contribution in [0, 0.1) is 0 Å². The van der Waals surface area contributed by atoms with Gasteiger partial charge in [0.25, 0.3) is 0 Å². The van der Waals surface area contributed by atoms with E-state index in [9.17, 15) is 4.79 Å². The number of benzene rings is 1. The molecule has 0 atom stereocenters. The number of carbonyl (C=O) groups is 1. The normalized spacial score (nSPS) is 10.8. The summed E-state index contributed by atoms with van der Waals surface area (Å²) in [5.41, 5.74) is 7.40. The van der Waals surface area contributed by atoms with E-state index < -0.39 is 5.97 Å². The summed E-state index contributed by atoms with van der Waals surface area (Å²) in [6.07, 6.45) is 0.670. The van der Waals surface area contributed by atoms with E-state index in [-0.39, 0.29) is 6.42 Å². The molecular weight excluding hydrogens is 288 g/mol. The smallest absolute Gasteiger partial charge is 0.307 e. The highest BCUT2D eigenvalue weighted by Gasteiger charge is 2.11. The van der Waals surface area contributed by atoms with Crippen LogP contribution in [0.3, 0.4) is 0 Å². The molecule has 1 aromatic rings. The zero-order chi connectivity index (χ0) is 15.7. The Kier molecular flexibility index (Phi) is 7.89. The highest BCUT2D eigenvalue weighted by atomic mass is 32.1. The average molecular weight is 310 g/mol. The molecule has 0 aromatic heterocycles. The van der Waals surface area contributed by atoms with Gasteiger partial charge in [0.15, 0.2) is 0 Å². The van der Waals surface area contributed by atoms with Crippen LogP contribution < -0.4 is 5.73 Å². The monoisotopic (exact) mass is 310 g/mol. The number of ether oxygens (including phenoxy) is 1. The number of hydrogen-bond acceptors (Lipinski definition) is 4. The van der Waals surface area contributed by atoms with Crippen molar-refractivity contribution in [2.24, 2.45) is 5.73 Å². The first-order valence-corrected chi connectivity index (χ1v) is 7.22. The Labute approximate surface area is 130 Å². The van der Waals surface area contributed by atoms with Crippen LogP contribution in [-0.4, -0.2) is 47.8 Å². The van der Waals surface area contributed by atoms with Crippen LogP contribution in [0.5, 0.6) is 0 Å². The number of hydrogen-bond donors (Lipinski definition) is 2. The van der Waals surface area contributed by atoms with Gasteiger partial charge in [0, 0.05) is 33.2 Å². The van der Waals surface area contributed by atoms with Crippen molar-refractivity contribution in [1.82, 2.24) is 4.90 Å². The molecule has 0 unspecified atom stereocenters. The van der Waals surface area contributed by atoms with Crippen molar-refractivity contribution in [1.29, 1.82) is 0 Å². The van der Waals surface area contributed by atoms with Gasteiger partial charge >= 0.3 is 5.97 Å². The molecule has 0 radical (unpaired) electrons. The lowest BCUT2D eigenvalue weighted by Gasteiger charge is -2.23. The number of nitrogens with zero attached hydrogens (tertiary/aromatic N) is 1. The van der Waals surface area contributed by atoms with Crippen molar-refractivity contribution in [3.63, 3.8) is 0 Å². The van der Waals surface area contributed by atoms with Crippen LogP contribution in [0.25, 0.3) is 0 Å². The fourth-order valence-electron chi connectivity index (χ4n) is 2.05. The van der Waals surface area contributed by atoms with Gasteiger partial charge in [-0.3, -0.25) is 9.69 Å². The first kappa shape index (κ1) is 17.6. The number of nitrogens with two attached hydrogens (primary N) is 1. The molecule has 1 aromatic carbocycles. The number of aliphatic carboxylic acids is 1. The Morgan fingerprint density at radius 2 is 2.00 bits per heavy atom. The predicted octanol–water partition coefficient (Wildman–Crippen LogP) is 1.44. The van der Waals surface area contributed by atoms with Gasteiger partial charge in [0.05, 0.1) is 18.0 Å². The van der Waals surface area contributed by atoms with Crippen LogP contribution in [0.1, 0.15) is 17.5 Å². The molecule has 3 N–H and O–H groups in total. The van der Waals surface area contributed by atoms with E-state index in [0.717, 1.165) is 24.2 Å². The lowest BCUT2D eigenvalue weighted by molar-refractivity contribution is -0.136. The Morgan fingerprint density at radius 3 is 2.57 bits per heavy atom. The first-order valence-electron chi connectivity index (χ1n) is 6.81. The average Bonchev–Trinajstić information content (AvgIpc) is 2.43. The highest BCUT2D eigenvalue weighted by molar-refractivity contribution is 7.80. The van der Waals surface area contributed by atoms with Crippen LogP contribution in [0.15, 0.2) is 24.3 Å². The van der Waals surface area contributed by atoms with Crippen LogP contribution >= 0.6 is 12.2 Å². The second-order valence-corrected chi connectivity index (χ2v) is 5.35. The summed E-state index contributed by atoms with van der Waals surface area (Å²) >= 11 is 4.92. The molecule has 0 fully saturated rings. The van der Waals surface area contributed by atoms with E-state index in [1.807, 2.05) is 24.3 Å². The molecule has 0 aliphatic rings. The Morgan fingerprint density at radius 1 is 1.33 bits per heavy atom. The van der Waals surface area contributed by atoms with E-state index in [4.69, 9.17) is 27.8 Å². The lowest BCUT2D eigenvalue weighted by Crippen LogP contribution is -2.30. The minimum atomic E-state index is -0.825. The molecule has 6 heteroatoms. The third-order valence-electron chi connectivity index (χ3n) is 3.14. The van der Waals surface area contributed by atoms with Crippen molar-refractivity contribution < 1.29 is 14.6 Å². The third kappa shape index (κ3) is 7.17. The highest BCUT2D eigenvalue weighted by Crippen LogP contribution is 2.13. The maximum atomic E-state index is 10.9. The van der Waals surface area contributed by atoms with Crippen molar-refractivity contribution in [3.05, 3.63) is 35.4 Å². The van der Waals surface area contributed by atoms with Crippen LogP contribution in [-0.2, 0) is 22.5 Å². The molecule has 0 bridgehead atoms. The van der Waals surface area contributed by atoms with Gasteiger partial charge in [-0.1, -0.05) is 36.5 Å². The molecule has 21 heavy (non-hydrogen) atoms. The molecule has 0 saturated carbocycles. The van der Waals surface area contributed by atoms with Gasteiger partial charge in [-0.05, 0) is 11.1 Å². The van der Waals surface area contributed by atoms with Gasteiger partial charge < -0.3 is 15.6 Å².